The highest BCUT2D eigenvalue weighted by molar-refractivity contribution is 7.99. The molecule has 1 aromatic carbocycles. The molecule has 1 unspecified atom stereocenters. The predicted octanol–water partition coefficient (Wildman–Crippen LogP) is 2.35. The quantitative estimate of drug-likeness (QED) is 0.646. The first kappa shape index (κ1) is 16.2. The summed E-state index contributed by atoms with van der Waals surface area (Å²) in [4.78, 5) is 22.3. The number of carbonyl (C=O) groups is 2. The van der Waals surface area contributed by atoms with E-state index in [0.717, 1.165) is 6.42 Å². The molecule has 0 spiro atoms. The third kappa shape index (κ3) is 5.00. The van der Waals surface area contributed by atoms with Gasteiger partial charge in [0, 0.05) is 23.5 Å². The number of urea groups is 1. The Labute approximate surface area is 121 Å². The van der Waals surface area contributed by atoms with Gasteiger partial charge in [0.05, 0.1) is 0 Å². The molecule has 0 saturated carbocycles. The summed E-state index contributed by atoms with van der Waals surface area (Å²) < 4.78 is 0. The maximum Gasteiger partial charge on any atom is 0.339 e. The number of benzene rings is 1. The Balaban J connectivity index is 2.50. The van der Waals surface area contributed by atoms with E-state index in [-0.39, 0.29) is 17.3 Å². The largest absolute Gasteiger partial charge is 0.507 e. The molecule has 110 valence electrons. The van der Waals surface area contributed by atoms with Gasteiger partial charge in [0.15, 0.2) is 0 Å². The van der Waals surface area contributed by atoms with Gasteiger partial charge < -0.3 is 20.8 Å². The summed E-state index contributed by atoms with van der Waals surface area (Å²) in [5.74, 6) is -1.60. The fourth-order valence-corrected chi connectivity index (χ4v) is 1.83. The van der Waals surface area contributed by atoms with Crippen LogP contribution in [0.2, 0.25) is 0 Å². The predicted molar refractivity (Wildman–Crippen MR) is 79.7 cm³/mol. The van der Waals surface area contributed by atoms with Gasteiger partial charge >= 0.3 is 12.0 Å². The van der Waals surface area contributed by atoms with Crippen molar-refractivity contribution in [2.24, 2.45) is 0 Å². The first-order valence-electron chi connectivity index (χ1n) is 6.08. The van der Waals surface area contributed by atoms with Crippen LogP contribution >= 0.6 is 11.8 Å². The van der Waals surface area contributed by atoms with Crippen molar-refractivity contribution in [3.05, 3.63) is 23.8 Å². The molecule has 4 N–H and O–H groups in total. The van der Waals surface area contributed by atoms with E-state index in [9.17, 15) is 14.7 Å². The van der Waals surface area contributed by atoms with E-state index >= 15 is 0 Å². The molecule has 1 rings (SSSR count). The second kappa shape index (κ2) is 7.64. The molecule has 7 heteroatoms. The molecule has 6 nitrogen and oxygen atoms in total. The molecule has 20 heavy (non-hydrogen) atoms. The van der Waals surface area contributed by atoms with Gasteiger partial charge in [-0.15, -0.1) is 0 Å². The lowest BCUT2D eigenvalue weighted by Crippen LogP contribution is -2.30. The number of hydrogen-bond acceptors (Lipinski definition) is 4. The van der Waals surface area contributed by atoms with Crippen molar-refractivity contribution in [1.29, 1.82) is 0 Å². The van der Waals surface area contributed by atoms with Crippen molar-refractivity contribution in [1.82, 2.24) is 5.32 Å². The normalized spacial score (nSPS) is 11.7. The van der Waals surface area contributed by atoms with E-state index in [2.05, 4.69) is 17.6 Å². The number of amides is 2. The summed E-state index contributed by atoms with van der Waals surface area (Å²) in [5.41, 5.74) is 0.132. The standard InChI is InChI=1S/C13H18N2O4S/c1-8(20-2)5-6-14-13(19)15-9-3-4-10(12(17)18)11(16)7-9/h3-4,7-8,16H,5-6H2,1-2H3,(H,17,18)(H2,14,15,19). The molecule has 0 aromatic heterocycles. The van der Waals surface area contributed by atoms with Crippen LogP contribution in [0.15, 0.2) is 18.2 Å². The summed E-state index contributed by atoms with van der Waals surface area (Å²) in [5, 5.41) is 24.0. The molecule has 1 atom stereocenters. The van der Waals surface area contributed by atoms with E-state index in [0.29, 0.717) is 17.5 Å². The molecular weight excluding hydrogens is 280 g/mol. The summed E-state index contributed by atoms with van der Waals surface area (Å²) in [6, 6.07) is 3.48. The van der Waals surface area contributed by atoms with Gasteiger partial charge in [0.25, 0.3) is 0 Å². The summed E-state index contributed by atoms with van der Waals surface area (Å²) >= 11 is 1.73. The zero-order valence-electron chi connectivity index (χ0n) is 11.3. The first-order chi connectivity index (χ1) is 9.43. The molecule has 0 bridgehead atoms. The number of carboxylic acid groups (broad SMARTS) is 1. The number of carbonyl (C=O) groups excluding carboxylic acids is 1. The molecule has 0 heterocycles. The third-order valence-corrected chi connectivity index (χ3v) is 3.77. The van der Waals surface area contributed by atoms with Crippen LogP contribution in [0.3, 0.4) is 0 Å². The lowest BCUT2D eigenvalue weighted by atomic mass is 10.2. The molecule has 0 radical (unpaired) electrons. The van der Waals surface area contributed by atoms with Gasteiger partial charge in [-0.05, 0) is 24.8 Å². The lowest BCUT2D eigenvalue weighted by Gasteiger charge is -2.11. The van der Waals surface area contributed by atoms with Crippen LogP contribution in [-0.2, 0) is 0 Å². The van der Waals surface area contributed by atoms with Crippen LogP contribution in [-0.4, -0.2) is 40.3 Å². The second-order valence-electron chi connectivity index (χ2n) is 4.25. The number of nitrogens with one attached hydrogen (secondary N) is 2. The molecule has 2 amide bonds. The third-order valence-electron chi connectivity index (χ3n) is 2.72. The van der Waals surface area contributed by atoms with Crippen molar-refractivity contribution in [2.45, 2.75) is 18.6 Å². The first-order valence-corrected chi connectivity index (χ1v) is 7.36. The number of anilines is 1. The maximum atomic E-state index is 11.6. The zero-order chi connectivity index (χ0) is 15.1. The fourth-order valence-electron chi connectivity index (χ4n) is 1.47. The molecule has 0 aliphatic heterocycles. The van der Waals surface area contributed by atoms with Crippen LogP contribution in [0, 0.1) is 0 Å². The molecule has 0 fully saturated rings. The van der Waals surface area contributed by atoms with Crippen molar-refractivity contribution in [3.8, 4) is 5.75 Å². The number of carboxylic acids is 1. The highest BCUT2D eigenvalue weighted by Crippen LogP contribution is 2.21. The number of phenols is 1. The van der Waals surface area contributed by atoms with Crippen LogP contribution < -0.4 is 10.6 Å². The highest BCUT2D eigenvalue weighted by Gasteiger charge is 2.10. The Morgan fingerprint density at radius 3 is 2.65 bits per heavy atom. The smallest absolute Gasteiger partial charge is 0.339 e. The second-order valence-corrected chi connectivity index (χ2v) is 5.53. The van der Waals surface area contributed by atoms with E-state index in [1.807, 2.05) is 6.26 Å². The summed E-state index contributed by atoms with van der Waals surface area (Å²) in [7, 11) is 0. The van der Waals surface area contributed by atoms with Gasteiger partial charge in [-0.1, -0.05) is 6.92 Å². The topological polar surface area (TPSA) is 98.7 Å². The van der Waals surface area contributed by atoms with Crippen molar-refractivity contribution in [3.63, 3.8) is 0 Å². The van der Waals surface area contributed by atoms with Crippen molar-refractivity contribution >= 4 is 29.4 Å². The summed E-state index contributed by atoms with van der Waals surface area (Å²) in [6.45, 7) is 2.62. The van der Waals surface area contributed by atoms with E-state index < -0.39 is 5.97 Å². The van der Waals surface area contributed by atoms with Gasteiger partial charge in [0.1, 0.15) is 11.3 Å². The highest BCUT2D eigenvalue weighted by atomic mass is 32.2. The molecule has 0 aliphatic rings. The number of rotatable bonds is 6. The lowest BCUT2D eigenvalue weighted by molar-refractivity contribution is 0.0694. The van der Waals surface area contributed by atoms with Crippen molar-refractivity contribution < 1.29 is 19.8 Å². The average Bonchev–Trinajstić information content (AvgIpc) is 2.38. The average molecular weight is 298 g/mol. The minimum atomic E-state index is -1.22. The van der Waals surface area contributed by atoms with E-state index in [1.165, 1.54) is 18.2 Å². The molecular formula is C13H18N2O4S. The Morgan fingerprint density at radius 1 is 1.40 bits per heavy atom. The Kier molecular flexibility index (Phi) is 6.17. The van der Waals surface area contributed by atoms with Gasteiger partial charge in [0.2, 0.25) is 0 Å². The number of hydrogen-bond donors (Lipinski definition) is 4. The van der Waals surface area contributed by atoms with Gasteiger partial charge in [-0.3, -0.25) is 0 Å². The SMILES string of the molecule is CSC(C)CCNC(=O)Nc1ccc(C(=O)O)c(O)c1. The number of aromatic hydroxyl groups is 1. The van der Waals surface area contributed by atoms with E-state index in [1.54, 1.807) is 11.8 Å². The minimum absolute atomic E-state index is 0.204. The van der Waals surface area contributed by atoms with Gasteiger partial charge in [-0.2, -0.15) is 11.8 Å². The minimum Gasteiger partial charge on any atom is -0.507 e. The zero-order valence-corrected chi connectivity index (χ0v) is 12.2. The number of thioether (sulfide) groups is 1. The monoisotopic (exact) mass is 298 g/mol. The molecule has 1 aromatic rings. The number of aromatic carboxylic acids is 1. The Bertz CT molecular complexity index is 493. The van der Waals surface area contributed by atoms with Crippen molar-refractivity contribution in [2.75, 3.05) is 18.1 Å². The fraction of sp³-hybridized carbons (Fsp3) is 0.385. The summed E-state index contributed by atoms with van der Waals surface area (Å²) in [6.07, 6.45) is 2.87. The van der Waals surface area contributed by atoms with Crippen LogP contribution in [0.5, 0.6) is 5.75 Å². The molecule has 0 saturated heterocycles. The van der Waals surface area contributed by atoms with E-state index in [4.69, 9.17) is 5.11 Å². The van der Waals surface area contributed by atoms with Crippen LogP contribution in [0.25, 0.3) is 0 Å². The maximum absolute atomic E-state index is 11.6. The molecule has 0 aliphatic carbocycles. The van der Waals surface area contributed by atoms with Crippen LogP contribution in [0.4, 0.5) is 10.5 Å². The van der Waals surface area contributed by atoms with Gasteiger partial charge in [-0.25, -0.2) is 9.59 Å². The Hall–Kier alpha value is -1.89. The van der Waals surface area contributed by atoms with Crippen LogP contribution in [0.1, 0.15) is 23.7 Å². The Morgan fingerprint density at radius 2 is 2.10 bits per heavy atom.